The number of hydrogen-bond donors (Lipinski definition) is 0. The van der Waals surface area contributed by atoms with Gasteiger partial charge in [-0.25, -0.2) is 4.79 Å². The molecule has 0 aliphatic heterocycles. The molecule has 0 radical (unpaired) electrons. The van der Waals surface area contributed by atoms with Gasteiger partial charge in [0.1, 0.15) is 0 Å². The molecule has 2 heteroatoms. The molecular formula is C19H18O2. The highest BCUT2D eigenvalue weighted by Gasteiger charge is 2.22. The molecule has 0 spiro atoms. The molecule has 1 saturated carbocycles. The van der Waals surface area contributed by atoms with Gasteiger partial charge < -0.3 is 4.74 Å². The number of allylic oxidation sites excluding steroid dienone is 2. The van der Waals surface area contributed by atoms with E-state index in [1.165, 1.54) is 29.7 Å². The highest BCUT2D eigenvalue weighted by Crippen LogP contribution is 2.28. The minimum Gasteiger partial charge on any atom is -0.462 e. The highest BCUT2D eigenvalue weighted by molar-refractivity contribution is 5.90. The number of hydrogen-bond acceptors (Lipinski definition) is 2. The molecule has 0 aromatic heterocycles. The summed E-state index contributed by atoms with van der Waals surface area (Å²) in [7, 11) is 0. The molecule has 21 heavy (non-hydrogen) atoms. The summed E-state index contributed by atoms with van der Waals surface area (Å²) < 4.78 is 5.13. The number of ether oxygens (including phenoxy) is 1. The Morgan fingerprint density at radius 1 is 1.10 bits per heavy atom. The Labute approximate surface area is 124 Å². The molecule has 1 aliphatic carbocycles. The predicted molar refractivity (Wildman–Crippen MR) is 85.8 cm³/mol. The number of benzene rings is 2. The first kappa shape index (κ1) is 13.6. The van der Waals surface area contributed by atoms with Crippen LogP contribution in [-0.2, 0) is 9.53 Å². The minimum absolute atomic E-state index is 0.260. The van der Waals surface area contributed by atoms with Crippen molar-refractivity contribution in [2.24, 2.45) is 5.92 Å². The number of esters is 1. The summed E-state index contributed by atoms with van der Waals surface area (Å²) in [4.78, 5) is 11.5. The van der Waals surface area contributed by atoms with Crippen molar-refractivity contribution in [3.63, 3.8) is 0 Å². The Morgan fingerprint density at radius 2 is 1.90 bits per heavy atom. The summed E-state index contributed by atoms with van der Waals surface area (Å²) in [6, 6.07) is 14.5. The van der Waals surface area contributed by atoms with Crippen LogP contribution >= 0.6 is 0 Å². The van der Waals surface area contributed by atoms with Crippen molar-refractivity contribution in [1.82, 2.24) is 0 Å². The molecule has 0 unspecified atom stereocenters. The lowest BCUT2D eigenvalue weighted by Crippen LogP contribution is -2.03. The van der Waals surface area contributed by atoms with Gasteiger partial charge in [0.05, 0.1) is 6.61 Å². The average molecular weight is 278 g/mol. The van der Waals surface area contributed by atoms with E-state index in [2.05, 4.69) is 24.3 Å². The van der Waals surface area contributed by atoms with Crippen LogP contribution in [0.25, 0.3) is 16.8 Å². The second-order valence-corrected chi connectivity index (χ2v) is 5.36. The molecule has 2 aromatic carbocycles. The first-order valence-corrected chi connectivity index (χ1v) is 7.32. The summed E-state index contributed by atoms with van der Waals surface area (Å²) in [5.74, 6) is 0.345. The van der Waals surface area contributed by atoms with Gasteiger partial charge >= 0.3 is 5.97 Å². The lowest BCUT2D eigenvalue weighted by molar-refractivity contribution is -0.138. The van der Waals surface area contributed by atoms with Gasteiger partial charge in [-0.2, -0.15) is 0 Å². The van der Waals surface area contributed by atoms with Crippen molar-refractivity contribution in [1.29, 1.82) is 0 Å². The fourth-order valence-electron chi connectivity index (χ4n) is 2.22. The molecule has 0 bridgehead atoms. The minimum atomic E-state index is -0.260. The van der Waals surface area contributed by atoms with Gasteiger partial charge in [-0.3, -0.25) is 0 Å². The van der Waals surface area contributed by atoms with E-state index in [1.807, 2.05) is 30.4 Å². The van der Waals surface area contributed by atoms with E-state index in [9.17, 15) is 4.79 Å². The fraction of sp³-hybridized carbons (Fsp3) is 0.211. The fourth-order valence-corrected chi connectivity index (χ4v) is 2.22. The third kappa shape index (κ3) is 3.82. The molecule has 1 aliphatic rings. The van der Waals surface area contributed by atoms with Gasteiger partial charge in [0.15, 0.2) is 0 Å². The molecule has 106 valence electrons. The maximum atomic E-state index is 11.5. The van der Waals surface area contributed by atoms with Crippen LogP contribution in [0, 0.1) is 5.92 Å². The van der Waals surface area contributed by atoms with Crippen LogP contribution in [0.4, 0.5) is 0 Å². The van der Waals surface area contributed by atoms with Gasteiger partial charge in [0, 0.05) is 6.08 Å². The van der Waals surface area contributed by atoms with E-state index >= 15 is 0 Å². The summed E-state index contributed by atoms with van der Waals surface area (Å²) in [6.45, 7) is 0.566. The molecule has 2 nitrogen and oxygen atoms in total. The van der Waals surface area contributed by atoms with Crippen molar-refractivity contribution in [2.45, 2.75) is 12.8 Å². The Balaban J connectivity index is 1.63. The van der Waals surface area contributed by atoms with Crippen LogP contribution in [-0.4, -0.2) is 12.6 Å². The van der Waals surface area contributed by atoms with E-state index in [4.69, 9.17) is 4.74 Å². The zero-order chi connectivity index (χ0) is 14.5. The maximum Gasteiger partial charge on any atom is 0.330 e. The van der Waals surface area contributed by atoms with E-state index in [0.717, 1.165) is 5.56 Å². The Bertz CT molecular complexity index is 688. The topological polar surface area (TPSA) is 26.3 Å². The Morgan fingerprint density at radius 3 is 2.76 bits per heavy atom. The lowest BCUT2D eigenvalue weighted by Gasteiger charge is -2.01. The molecule has 2 aromatic rings. The number of carbonyl (C=O) groups excluding carboxylic acids is 1. The number of rotatable bonds is 5. The molecular weight excluding hydrogens is 260 g/mol. The van der Waals surface area contributed by atoms with Gasteiger partial charge in [-0.05, 0) is 35.1 Å². The smallest absolute Gasteiger partial charge is 0.330 e. The average Bonchev–Trinajstić information content (AvgIpc) is 3.34. The van der Waals surface area contributed by atoms with Crippen molar-refractivity contribution < 1.29 is 9.53 Å². The van der Waals surface area contributed by atoms with Crippen LogP contribution in [0.5, 0.6) is 0 Å². The zero-order valence-corrected chi connectivity index (χ0v) is 11.9. The maximum absolute atomic E-state index is 11.5. The van der Waals surface area contributed by atoms with Crippen molar-refractivity contribution in [3.05, 3.63) is 66.3 Å². The second kappa shape index (κ2) is 6.40. The Hall–Kier alpha value is -2.35. The molecule has 0 saturated heterocycles. The van der Waals surface area contributed by atoms with E-state index in [1.54, 1.807) is 6.08 Å². The standard InChI is InChI=1S/C19H18O2/c20-19(21-14-15-12-13-15)11-4-2-7-17-9-5-8-16-6-1-3-10-18(16)17/h1-11,15H,12-14H2. The zero-order valence-electron chi connectivity index (χ0n) is 11.9. The van der Waals surface area contributed by atoms with Gasteiger partial charge in [0.25, 0.3) is 0 Å². The molecule has 0 N–H and O–H groups in total. The van der Waals surface area contributed by atoms with Crippen LogP contribution in [0.15, 0.2) is 60.7 Å². The molecule has 0 atom stereocenters. The predicted octanol–water partition coefficient (Wildman–Crippen LogP) is 4.36. The third-order valence-electron chi connectivity index (χ3n) is 3.60. The van der Waals surface area contributed by atoms with Crippen molar-refractivity contribution in [3.8, 4) is 0 Å². The third-order valence-corrected chi connectivity index (χ3v) is 3.60. The van der Waals surface area contributed by atoms with E-state index in [0.29, 0.717) is 12.5 Å². The van der Waals surface area contributed by atoms with Crippen LogP contribution in [0.2, 0.25) is 0 Å². The van der Waals surface area contributed by atoms with Crippen LogP contribution in [0.3, 0.4) is 0 Å². The first-order chi connectivity index (χ1) is 10.3. The van der Waals surface area contributed by atoms with Gasteiger partial charge in [-0.15, -0.1) is 0 Å². The summed E-state index contributed by atoms with van der Waals surface area (Å²) >= 11 is 0. The highest BCUT2D eigenvalue weighted by atomic mass is 16.5. The summed E-state index contributed by atoms with van der Waals surface area (Å²) in [6.07, 6.45) is 9.48. The Kier molecular flexibility index (Phi) is 4.15. The van der Waals surface area contributed by atoms with Crippen molar-refractivity contribution in [2.75, 3.05) is 6.61 Å². The SMILES string of the molecule is O=C(C=CC=Cc1cccc2ccccc12)OCC1CC1. The lowest BCUT2D eigenvalue weighted by atomic mass is 10.0. The molecule has 0 heterocycles. The quantitative estimate of drug-likeness (QED) is 0.461. The molecule has 1 fully saturated rings. The van der Waals surface area contributed by atoms with Crippen molar-refractivity contribution >= 4 is 22.8 Å². The van der Waals surface area contributed by atoms with E-state index in [-0.39, 0.29) is 5.97 Å². The van der Waals surface area contributed by atoms with Gasteiger partial charge in [-0.1, -0.05) is 60.7 Å². The van der Waals surface area contributed by atoms with E-state index < -0.39 is 0 Å². The second-order valence-electron chi connectivity index (χ2n) is 5.36. The molecule has 0 amide bonds. The van der Waals surface area contributed by atoms with Gasteiger partial charge in [0.2, 0.25) is 0 Å². The summed E-state index contributed by atoms with van der Waals surface area (Å²) in [5, 5.41) is 2.42. The van der Waals surface area contributed by atoms with Crippen LogP contribution in [0.1, 0.15) is 18.4 Å². The largest absolute Gasteiger partial charge is 0.462 e. The van der Waals surface area contributed by atoms with Crippen LogP contribution < -0.4 is 0 Å². The molecule has 3 rings (SSSR count). The normalized spacial score (nSPS) is 15.0. The summed E-state index contributed by atoms with van der Waals surface area (Å²) in [5.41, 5.74) is 1.14. The number of carbonyl (C=O) groups is 1. The number of fused-ring (bicyclic) bond motifs is 1. The first-order valence-electron chi connectivity index (χ1n) is 7.32. The monoisotopic (exact) mass is 278 g/mol.